The predicted octanol–water partition coefficient (Wildman–Crippen LogP) is 5.18. The zero-order chi connectivity index (χ0) is 14.7. The maximum atomic E-state index is 4.56. The van der Waals surface area contributed by atoms with Crippen LogP contribution in [0.25, 0.3) is 0 Å². The number of aromatic nitrogens is 2. The molecule has 0 fully saturated rings. The molecule has 2 nitrogen and oxygen atoms in total. The molecule has 0 bridgehead atoms. The van der Waals surface area contributed by atoms with E-state index < -0.39 is 0 Å². The molecule has 0 radical (unpaired) electrons. The number of rotatable bonds is 3. The van der Waals surface area contributed by atoms with Gasteiger partial charge in [0.1, 0.15) is 0 Å². The van der Waals surface area contributed by atoms with Crippen LogP contribution in [0.1, 0.15) is 22.9 Å². The molecule has 0 aliphatic rings. The standard InChI is InChI=1S/C17H12Br2N2.Ru/c18-13-8-4-10-20-16(13)15(12-6-2-1-3-7-12)17-14(19)9-5-11-21-17;/h1-11,15H;/q;+2. The van der Waals surface area contributed by atoms with E-state index in [1.807, 2.05) is 54.9 Å². The second-order valence-electron chi connectivity index (χ2n) is 4.58. The summed E-state index contributed by atoms with van der Waals surface area (Å²) in [6.45, 7) is 0. The van der Waals surface area contributed by atoms with Gasteiger partial charge in [-0.2, -0.15) is 0 Å². The summed E-state index contributed by atoms with van der Waals surface area (Å²) in [5.41, 5.74) is 3.09. The van der Waals surface area contributed by atoms with E-state index in [9.17, 15) is 0 Å². The first-order chi connectivity index (χ1) is 10.3. The Morgan fingerprint density at radius 2 is 1.18 bits per heavy atom. The summed E-state index contributed by atoms with van der Waals surface area (Å²) >= 11 is 7.22. The Kier molecular flexibility index (Phi) is 6.42. The van der Waals surface area contributed by atoms with Gasteiger partial charge in [-0.1, -0.05) is 30.3 Å². The van der Waals surface area contributed by atoms with E-state index in [0.29, 0.717) is 0 Å². The molecule has 5 heteroatoms. The van der Waals surface area contributed by atoms with Gasteiger partial charge in [-0.05, 0) is 61.7 Å². The number of hydrogen-bond acceptors (Lipinski definition) is 2. The molecule has 2 aromatic heterocycles. The Bertz CT molecular complexity index is 705. The average molecular weight is 505 g/mol. The van der Waals surface area contributed by atoms with Gasteiger partial charge in [0, 0.05) is 21.3 Å². The second kappa shape index (κ2) is 8.10. The Labute approximate surface area is 159 Å². The number of benzene rings is 1. The first-order valence-corrected chi connectivity index (χ1v) is 8.11. The van der Waals surface area contributed by atoms with Crippen LogP contribution in [0.3, 0.4) is 0 Å². The third-order valence-corrected chi connectivity index (χ3v) is 4.59. The molecular formula is C17H12Br2N2Ru+2. The zero-order valence-electron chi connectivity index (χ0n) is 11.4. The average Bonchev–Trinajstić information content (AvgIpc) is 2.52. The Balaban J connectivity index is 0.00000176. The summed E-state index contributed by atoms with van der Waals surface area (Å²) in [7, 11) is 0. The van der Waals surface area contributed by atoms with Crippen molar-refractivity contribution in [3.05, 3.63) is 92.9 Å². The maximum absolute atomic E-state index is 4.56. The van der Waals surface area contributed by atoms with E-state index in [2.05, 4.69) is 54.0 Å². The Hall–Kier alpha value is -0.897. The molecule has 110 valence electrons. The van der Waals surface area contributed by atoms with Crippen molar-refractivity contribution in [1.82, 2.24) is 9.97 Å². The van der Waals surface area contributed by atoms with Crippen LogP contribution in [0, 0.1) is 0 Å². The van der Waals surface area contributed by atoms with E-state index >= 15 is 0 Å². The minimum Gasteiger partial charge on any atom is -0.259 e. The molecule has 0 amide bonds. The molecule has 22 heavy (non-hydrogen) atoms. The van der Waals surface area contributed by atoms with Gasteiger partial charge in [-0.25, -0.2) is 0 Å². The number of halogens is 2. The number of nitrogens with zero attached hydrogens (tertiary/aromatic N) is 2. The number of pyridine rings is 2. The van der Waals surface area contributed by atoms with Gasteiger partial charge >= 0.3 is 19.5 Å². The largest absolute Gasteiger partial charge is 2.00 e. The maximum Gasteiger partial charge on any atom is 2.00 e. The van der Waals surface area contributed by atoms with E-state index in [-0.39, 0.29) is 25.4 Å². The van der Waals surface area contributed by atoms with Crippen LogP contribution in [0.15, 0.2) is 75.9 Å². The SMILES string of the molecule is Brc1cccnc1C(c1ccccc1)c1ncccc1Br.[Ru+2]. The van der Waals surface area contributed by atoms with Crippen LogP contribution in [0.2, 0.25) is 0 Å². The molecule has 0 aliphatic heterocycles. The van der Waals surface area contributed by atoms with Crippen LogP contribution in [0.5, 0.6) is 0 Å². The fraction of sp³-hybridized carbons (Fsp3) is 0.0588. The predicted molar refractivity (Wildman–Crippen MR) is 91.3 cm³/mol. The molecule has 0 saturated heterocycles. The number of hydrogen-bond donors (Lipinski definition) is 0. The molecule has 3 aromatic rings. The van der Waals surface area contributed by atoms with Gasteiger partial charge in [0.2, 0.25) is 0 Å². The van der Waals surface area contributed by atoms with E-state index in [0.717, 1.165) is 25.9 Å². The quantitative estimate of drug-likeness (QED) is 0.459. The first-order valence-electron chi connectivity index (χ1n) is 6.53. The smallest absolute Gasteiger partial charge is 0.259 e. The normalized spacial score (nSPS) is 10.3. The fourth-order valence-corrected chi connectivity index (χ4v) is 3.28. The van der Waals surface area contributed by atoms with Crippen molar-refractivity contribution in [2.75, 3.05) is 0 Å². The van der Waals surface area contributed by atoms with Gasteiger partial charge in [-0.3, -0.25) is 9.97 Å². The molecular weight excluding hydrogens is 493 g/mol. The Morgan fingerprint density at radius 1 is 0.682 bits per heavy atom. The van der Waals surface area contributed by atoms with Crippen LogP contribution >= 0.6 is 31.9 Å². The van der Waals surface area contributed by atoms with Crippen LogP contribution in [-0.4, -0.2) is 9.97 Å². The molecule has 0 N–H and O–H groups in total. The third kappa shape index (κ3) is 3.71. The molecule has 2 heterocycles. The van der Waals surface area contributed by atoms with Crippen molar-refractivity contribution in [3.63, 3.8) is 0 Å². The van der Waals surface area contributed by atoms with Gasteiger partial charge in [-0.15, -0.1) is 0 Å². The molecule has 1 aromatic carbocycles. The summed E-state index contributed by atoms with van der Waals surface area (Å²) in [4.78, 5) is 9.13. The van der Waals surface area contributed by atoms with Crippen molar-refractivity contribution < 1.29 is 19.5 Å². The van der Waals surface area contributed by atoms with Crippen LogP contribution in [-0.2, 0) is 19.5 Å². The van der Waals surface area contributed by atoms with Gasteiger partial charge in [0.25, 0.3) is 0 Å². The van der Waals surface area contributed by atoms with Crippen molar-refractivity contribution in [2.24, 2.45) is 0 Å². The van der Waals surface area contributed by atoms with Crippen LogP contribution in [0.4, 0.5) is 0 Å². The molecule has 0 atom stereocenters. The molecule has 0 unspecified atom stereocenters. The van der Waals surface area contributed by atoms with Crippen molar-refractivity contribution in [3.8, 4) is 0 Å². The molecule has 0 saturated carbocycles. The van der Waals surface area contributed by atoms with Crippen molar-refractivity contribution in [2.45, 2.75) is 5.92 Å². The summed E-state index contributed by atoms with van der Waals surface area (Å²) in [6.07, 6.45) is 3.62. The summed E-state index contributed by atoms with van der Waals surface area (Å²) < 4.78 is 1.97. The van der Waals surface area contributed by atoms with Crippen LogP contribution < -0.4 is 0 Å². The summed E-state index contributed by atoms with van der Waals surface area (Å²) in [5, 5.41) is 0. The third-order valence-electron chi connectivity index (χ3n) is 3.25. The monoisotopic (exact) mass is 504 g/mol. The summed E-state index contributed by atoms with van der Waals surface area (Å²) in [6, 6.07) is 18.2. The molecule has 0 aliphatic carbocycles. The van der Waals surface area contributed by atoms with Gasteiger partial charge in [0.05, 0.1) is 17.3 Å². The van der Waals surface area contributed by atoms with Gasteiger partial charge < -0.3 is 0 Å². The summed E-state index contributed by atoms with van der Waals surface area (Å²) in [5.74, 6) is -0.0163. The first kappa shape index (κ1) is 17.5. The van der Waals surface area contributed by atoms with E-state index in [4.69, 9.17) is 0 Å². The van der Waals surface area contributed by atoms with E-state index in [1.165, 1.54) is 0 Å². The van der Waals surface area contributed by atoms with Crippen molar-refractivity contribution >= 4 is 31.9 Å². The fourth-order valence-electron chi connectivity index (χ4n) is 2.31. The van der Waals surface area contributed by atoms with Gasteiger partial charge in [0.15, 0.2) is 0 Å². The Morgan fingerprint density at radius 3 is 1.64 bits per heavy atom. The van der Waals surface area contributed by atoms with E-state index in [1.54, 1.807) is 0 Å². The van der Waals surface area contributed by atoms with Crippen molar-refractivity contribution in [1.29, 1.82) is 0 Å². The second-order valence-corrected chi connectivity index (χ2v) is 6.29. The zero-order valence-corrected chi connectivity index (χ0v) is 16.3. The minimum atomic E-state index is -0.0163. The molecule has 3 rings (SSSR count). The topological polar surface area (TPSA) is 25.8 Å². The molecule has 0 spiro atoms. The minimum absolute atomic E-state index is 0.